The van der Waals surface area contributed by atoms with Crippen molar-refractivity contribution in [2.75, 3.05) is 39.5 Å². The Morgan fingerprint density at radius 1 is 1.30 bits per heavy atom. The number of hydrogen-bond donors (Lipinski definition) is 2. The van der Waals surface area contributed by atoms with E-state index in [0.717, 1.165) is 18.5 Å². The molecule has 0 aliphatic heterocycles. The summed E-state index contributed by atoms with van der Waals surface area (Å²) in [6.45, 7) is 3.61. The van der Waals surface area contributed by atoms with Crippen molar-refractivity contribution in [2.45, 2.75) is 19.4 Å². The fourth-order valence-electron chi connectivity index (χ4n) is 1.95. The van der Waals surface area contributed by atoms with Crippen LogP contribution in [0.25, 0.3) is 0 Å². The Labute approximate surface area is 121 Å². The molecule has 5 heteroatoms. The number of anilines is 1. The fourth-order valence-corrected chi connectivity index (χ4v) is 1.95. The van der Waals surface area contributed by atoms with Crippen LogP contribution in [0.2, 0.25) is 0 Å². The smallest absolute Gasteiger partial charge is 0.236 e. The molecule has 0 bridgehead atoms. The van der Waals surface area contributed by atoms with E-state index < -0.39 is 6.10 Å². The molecule has 0 heterocycles. The molecule has 0 fully saturated rings. The van der Waals surface area contributed by atoms with Crippen LogP contribution in [-0.4, -0.2) is 54.5 Å². The molecule has 0 spiro atoms. The average Bonchev–Trinajstić information content (AvgIpc) is 2.39. The molecule has 20 heavy (non-hydrogen) atoms. The molecule has 0 aliphatic carbocycles. The van der Waals surface area contributed by atoms with E-state index in [9.17, 15) is 9.90 Å². The number of hydrogen-bond acceptors (Lipinski definition) is 4. The van der Waals surface area contributed by atoms with Gasteiger partial charge in [-0.15, -0.1) is 0 Å². The second kappa shape index (κ2) is 7.87. The van der Waals surface area contributed by atoms with Gasteiger partial charge in [0.15, 0.2) is 0 Å². The first-order valence-corrected chi connectivity index (χ1v) is 6.90. The van der Waals surface area contributed by atoms with Crippen molar-refractivity contribution < 1.29 is 9.90 Å². The zero-order chi connectivity index (χ0) is 15.1. The Kier molecular flexibility index (Phi) is 6.48. The van der Waals surface area contributed by atoms with E-state index in [1.807, 2.05) is 17.0 Å². The molecule has 1 rings (SSSR count). The number of carbonyl (C=O) groups excluding carboxylic acids is 1. The lowest BCUT2D eigenvalue weighted by Gasteiger charge is -2.25. The van der Waals surface area contributed by atoms with Crippen molar-refractivity contribution in [2.24, 2.45) is 0 Å². The van der Waals surface area contributed by atoms with Gasteiger partial charge in [-0.3, -0.25) is 9.69 Å². The third kappa shape index (κ3) is 5.19. The summed E-state index contributed by atoms with van der Waals surface area (Å²) in [5, 5.41) is 10.3. The highest BCUT2D eigenvalue weighted by molar-refractivity contribution is 5.77. The predicted molar refractivity (Wildman–Crippen MR) is 81.2 cm³/mol. The van der Waals surface area contributed by atoms with Crippen molar-refractivity contribution in [3.8, 4) is 0 Å². The van der Waals surface area contributed by atoms with Crippen LogP contribution in [0, 0.1) is 0 Å². The first-order chi connectivity index (χ1) is 9.43. The largest absolute Gasteiger partial charge is 0.399 e. The number of aliphatic hydroxyl groups excluding tert-OH is 1. The minimum Gasteiger partial charge on any atom is -0.399 e. The van der Waals surface area contributed by atoms with E-state index in [4.69, 9.17) is 5.73 Å². The summed E-state index contributed by atoms with van der Waals surface area (Å²) in [7, 11) is 3.48. The maximum Gasteiger partial charge on any atom is 0.236 e. The Balaban J connectivity index is 2.64. The zero-order valence-electron chi connectivity index (χ0n) is 12.5. The molecule has 1 amide bonds. The fraction of sp³-hybridized carbons (Fsp3) is 0.533. The van der Waals surface area contributed by atoms with Crippen LogP contribution in [0.15, 0.2) is 24.3 Å². The molecule has 1 atom stereocenters. The number of carbonyl (C=O) groups is 1. The van der Waals surface area contributed by atoms with Crippen LogP contribution in [0.3, 0.4) is 0 Å². The van der Waals surface area contributed by atoms with Gasteiger partial charge in [0.25, 0.3) is 0 Å². The van der Waals surface area contributed by atoms with Gasteiger partial charge in [-0.2, -0.15) is 0 Å². The van der Waals surface area contributed by atoms with Gasteiger partial charge in [-0.05, 0) is 30.7 Å². The Bertz CT molecular complexity index is 418. The Morgan fingerprint density at radius 2 is 1.90 bits per heavy atom. The molecule has 5 nitrogen and oxygen atoms in total. The summed E-state index contributed by atoms with van der Waals surface area (Å²) in [6, 6.07) is 7.18. The van der Waals surface area contributed by atoms with Crippen molar-refractivity contribution in [1.29, 1.82) is 0 Å². The van der Waals surface area contributed by atoms with E-state index in [-0.39, 0.29) is 5.91 Å². The van der Waals surface area contributed by atoms with E-state index in [1.165, 1.54) is 0 Å². The average molecular weight is 279 g/mol. The molecule has 0 radical (unpaired) electrons. The van der Waals surface area contributed by atoms with Gasteiger partial charge in [-0.1, -0.05) is 19.1 Å². The van der Waals surface area contributed by atoms with E-state index in [0.29, 0.717) is 18.8 Å². The first-order valence-electron chi connectivity index (χ1n) is 6.90. The quantitative estimate of drug-likeness (QED) is 0.733. The van der Waals surface area contributed by atoms with Crippen molar-refractivity contribution in [3.63, 3.8) is 0 Å². The van der Waals surface area contributed by atoms with Crippen LogP contribution in [-0.2, 0) is 4.79 Å². The van der Waals surface area contributed by atoms with Crippen LogP contribution in [0.4, 0.5) is 5.69 Å². The third-order valence-electron chi connectivity index (χ3n) is 3.15. The zero-order valence-corrected chi connectivity index (χ0v) is 12.5. The highest BCUT2D eigenvalue weighted by Crippen LogP contribution is 2.16. The number of aliphatic hydroxyl groups is 1. The van der Waals surface area contributed by atoms with Crippen LogP contribution >= 0.6 is 0 Å². The second-order valence-corrected chi connectivity index (χ2v) is 5.21. The maximum atomic E-state index is 11.8. The Hall–Kier alpha value is -1.59. The number of nitrogens with two attached hydrogens (primary N) is 1. The van der Waals surface area contributed by atoms with Gasteiger partial charge in [-0.25, -0.2) is 0 Å². The van der Waals surface area contributed by atoms with Crippen molar-refractivity contribution in [1.82, 2.24) is 9.80 Å². The van der Waals surface area contributed by atoms with E-state index in [2.05, 4.69) is 6.92 Å². The van der Waals surface area contributed by atoms with Gasteiger partial charge in [0.2, 0.25) is 5.91 Å². The van der Waals surface area contributed by atoms with Gasteiger partial charge in [0.05, 0.1) is 12.6 Å². The van der Waals surface area contributed by atoms with Gasteiger partial charge >= 0.3 is 0 Å². The number of benzene rings is 1. The van der Waals surface area contributed by atoms with Crippen LogP contribution in [0.1, 0.15) is 25.0 Å². The standard InChI is InChI=1S/C15H25N3O2/c1-4-9-18(11-15(20)17(2)3)10-14(19)12-5-7-13(16)8-6-12/h5-8,14,19H,4,9-11,16H2,1-3H3. The lowest BCUT2D eigenvalue weighted by atomic mass is 10.1. The van der Waals surface area contributed by atoms with Gasteiger partial charge < -0.3 is 15.7 Å². The monoisotopic (exact) mass is 279 g/mol. The summed E-state index contributed by atoms with van der Waals surface area (Å²) in [5.74, 6) is 0.0444. The molecule has 1 aromatic carbocycles. The molecule has 112 valence electrons. The predicted octanol–water partition coefficient (Wildman–Crippen LogP) is 1.10. The third-order valence-corrected chi connectivity index (χ3v) is 3.15. The van der Waals surface area contributed by atoms with E-state index in [1.54, 1.807) is 31.1 Å². The second-order valence-electron chi connectivity index (χ2n) is 5.21. The molecule has 1 unspecified atom stereocenters. The van der Waals surface area contributed by atoms with Gasteiger partial charge in [0, 0.05) is 26.3 Å². The number of likely N-dealkylation sites (N-methyl/N-ethyl adjacent to an activating group) is 1. The molecule has 0 aromatic heterocycles. The lowest BCUT2D eigenvalue weighted by molar-refractivity contribution is -0.130. The van der Waals surface area contributed by atoms with Crippen LogP contribution < -0.4 is 5.73 Å². The minimum atomic E-state index is -0.614. The molecule has 3 N–H and O–H groups in total. The Morgan fingerprint density at radius 3 is 2.40 bits per heavy atom. The van der Waals surface area contributed by atoms with Crippen LogP contribution in [0.5, 0.6) is 0 Å². The molecule has 0 aliphatic rings. The minimum absolute atomic E-state index is 0.0444. The molecule has 0 saturated carbocycles. The topological polar surface area (TPSA) is 69.8 Å². The van der Waals surface area contributed by atoms with E-state index >= 15 is 0 Å². The van der Waals surface area contributed by atoms with Gasteiger partial charge in [0.1, 0.15) is 0 Å². The summed E-state index contributed by atoms with van der Waals surface area (Å²) < 4.78 is 0. The highest BCUT2D eigenvalue weighted by atomic mass is 16.3. The molecular formula is C15H25N3O2. The number of nitrogen functional groups attached to an aromatic ring is 1. The number of amides is 1. The first kappa shape index (κ1) is 16.5. The molecule has 0 saturated heterocycles. The van der Waals surface area contributed by atoms with Crippen molar-refractivity contribution >= 4 is 11.6 Å². The molecular weight excluding hydrogens is 254 g/mol. The normalized spacial score (nSPS) is 12.4. The van der Waals surface area contributed by atoms with Crippen molar-refractivity contribution in [3.05, 3.63) is 29.8 Å². The summed E-state index contributed by atoms with van der Waals surface area (Å²) in [4.78, 5) is 15.3. The maximum absolute atomic E-state index is 11.8. The summed E-state index contributed by atoms with van der Waals surface area (Å²) in [5.41, 5.74) is 7.13. The highest BCUT2D eigenvalue weighted by Gasteiger charge is 2.16. The lowest BCUT2D eigenvalue weighted by Crippen LogP contribution is -2.39. The summed E-state index contributed by atoms with van der Waals surface area (Å²) in [6.07, 6.45) is 0.326. The number of rotatable bonds is 7. The SMILES string of the molecule is CCCN(CC(=O)N(C)C)CC(O)c1ccc(N)cc1. The summed E-state index contributed by atoms with van der Waals surface area (Å²) >= 11 is 0. The number of nitrogens with zero attached hydrogens (tertiary/aromatic N) is 2. The molecule has 1 aromatic rings.